The monoisotopic (exact) mass is 198 g/mol. The molecule has 3 nitrogen and oxygen atoms in total. The van der Waals surface area contributed by atoms with Crippen LogP contribution in [0.1, 0.15) is 39.0 Å². The number of esters is 1. The molecular weight excluding hydrogens is 180 g/mol. The summed E-state index contributed by atoms with van der Waals surface area (Å²) in [7, 11) is 1.39. The van der Waals surface area contributed by atoms with Gasteiger partial charge in [-0.05, 0) is 19.3 Å². The Kier molecular flexibility index (Phi) is 7.80. The molecule has 0 radical (unpaired) electrons. The summed E-state index contributed by atoms with van der Waals surface area (Å²) in [6.45, 7) is 2.02. The maximum absolute atomic E-state index is 11.2. The smallest absolute Gasteiger partial charge is 0.333 e. The number of rotatable bonds is 7. The molecule has 0 atom stereocenters. The lowest BCUT2D eigenvalue weighted by Crippen LogP contribution is -2.04. The van der Waals surface area contributed by atoms with Crippen molar-refractivity contribution in [3.63, 3.8) is 0 Å². The van der Waals surface area contributed by atoms with Crippen LogP contribution in [0.15, 0.2) is 11.6 Å². The molecule has 3 heteroatoms. The standard InChI is InChI=1S/C11H18O3/c1-3-7-10(11(13)14-2)8-5-4-6-9-12/h8-9H,3-7H2,1-2H3. The summed E-state index contributed by atoms with van der Waals surface area (Å²) in [5.74, 6) is -0.252. The van der Waals surface area contributed by atoms with Crippen LogP contribution in [-0.2, 0) is 14.3 Å². The summed E-state index contributed by atoms with van der Waals surface area (Å²) in [6.07, 6.45) is 6.56. The number of methoxy groups -OCH3 is 1. The molecule has 0 heterocycles. The fourth-order valence-electron chi connectivity index (χ4n) is 1.17. The third-order valence-electron chi connectivity index (χ3n) is 1.88. The zero-order chi connectivity index (χ0) is 10.8. The summed E-state index contributed by atoms with van der Waals surface area (Å²) >= 11 is 0. The SMILES string of the molecule is CCCC(=CCCCC=O)C(=O)OC. The van der Waals surface area contributed by atoms with Crippen LogP contribution in [-0.4, -0.2) is 19.4 Å². The number of hydrogen-bond acceptors (Lipinski definition) is 3. The van der Waals surface area contributed by atoms with Crippen molar-refractivity contribution in [2.75, 3.05) is 7.11 Å². The lowest BCUT2D eigenvalue weighted by molar-refractivity contribution is -0.136. The Hall–Kier alpha value is -1.12. The molecule has 0 aliphatic heterocycles. The molecule has 0 N–H and O–H groups in total. The van der Waals surface area contributed by atoms with Crippen LogP contribution >= 0.6 is 0 Å². The predicted molar refractivity (Wildman–Crippen MR) is 54.9 cm³/mol. The first kappa shape index (κ1) is 12.9. The zero-order valence-corrected chi connectivity index (χ0v) is 8.91. The van der Waals surface area contributed by atoms with Gasteiger partial charge >= 0.3 is 5.97 Å². The summed E-state index contributed by atoms with van der Waals surface area (Å²) in [5, 5.41) is 0. The second-order valence-electron chi connectivity index (χ2n) is 3.07. The fourth-order valence-corrected chi connectivity index (χ4v) is 1.17. The molecule has 0 rings (SSSR count). The van der Waals surface area contributed by atoms with Crippen LogP contribution in [0.2, 0.25) is 0 Å². The zero-order valence-electron chi connectivity index (χ0n) is 8.91. The lowest BCUT2D eigenvalue weighted by Gasteiger charge is -2.03. The summed E-state index contributed by atoms with van der Waals surface area (Å²) in [5.41, 5.74) is 0.723. The van der Waals surface area contributed by atoms with E-state index in [2.05, 4.69) is 4.74 Å². The highest BCUT2D eigenvalue weighted by Crippen LogP contribution is 2.09. The Morgan fingerprint density at radius 2 is 2.07 bits per heavy atom. The molecule has 0 unspecified atom stereocenters. The molecule has 0 aliphatic rings. The van der Waals surface area contributed by atoms with E-state index < -0.39 is 0 Å². The van der Waals surface area contributed by atoms with Crippen molar-refractivity contribution in [2.45, 2.75) is 39.0 Å². The number of unbranched alkanes of at least 4 members (excludes halogenated alkanes) is 2. The van der Waals surface area contributed by atoms with E-state index in [1.165, 1.54) is 7.11 Å². The van der Waals surface area contributed by atoms with Crippen molar-refractivity contribution in [2.24, 2.45) is 0 Å². The van der Waals surface area contributed by atoms with Gasteiger partial charge in [0, 0.05) is 12.0 Å². The minimum absolute atomic E-state index is 0.252. The van der Waals surface area contributed by atoms with Gasteiger partial charge in [-0.3, -0.25) is 0 Å². The topological polar surface area (TPSA) is 43.4 Å². The Morgan fingerprint density at radius 3 is 2.57 bits per heavy atom. The van der Waals surface area contributed by atoms with Crippen LogP contribution in [0.25, 0.3) is 0 Å². The van der Waals surface area contributed by atoms with Gasteiger partial charge in [-0.15, -0.1) is 0 Å². The molecule has 0 aromatic rings. The largest absolute Gasteiger partial charge is 0.466 e. The van der Waals surface area contributed by atoms with Gasteiger partial charge < -0.3 is 9.53 Å². The first-order chi connectivity index (χ1) is 6.76. The van der Waals surface area contributed by atoms with Gasteiger partial charge in [-0.25, -0.2) is 4.79 Å². The normalized spacial score (nSPS) is 11.1. The second-order valence-corrected chi connectivity index (χ2v) is 3.07. The van der Waals surface area contributed by atoms with Crippen LogP contribution in [0.3, 0.4) is 0 Å². The van der Waals surface area contributed by atoms with E-state index in [0.29, 0.717) is 6.42 Å². The van der Waals surface area contributed by atoms with Crippen molar-refractivity contribution in [1.82, 2.24) is 0 Å². The molecular formula is C11H18O3. The van der Waals surface area contributed by atoms with Crippen molar-refractivity contribution in [1.29, 1.82) is 0 Å². The first-order valence-electron chi connectivity index (χ1n) is 4.97. The molecule has 0 saturated heterocycles. The van der Waals surface area contributed by atoms with Gasteiger partial charge in [-0.2, -0.15) is 0 Å². The predicted octanol–water partition coefficient (Wildman–Crippen LogP) is 2.26. The van der Waals surface area contributed by atoms with E-state index in [-0.39, 0.29) is 5.97 Å². The molecule has 0 aromatic carbocycles. The number of ether oxygens (including phenoxy) is 1. The van der Waals surface area contributed by atoms with Crippen LogP contribution in [0.4, 0.5) is 0 Å². The van der Waals surface area contributed by atoms with Gasteiger partial charge in [0.25, 0.3) is 0 Å². The number of allylic oxidation sites excluding steroid dienone is 1. The molecule has 0 spiro atoms. The highest BCUT2D eigenvalue weighted by atomic mass is 16.5. The Labute approximate surface area is 85.1 Å². The third kappa shape index (κ3) is 5.51. The summed E-state index contributed by atoms with van der Waals surface area (Å²) in [4.78, 5) is 21.3. The molecule has 0 bridgehead atoms. The maximum Gasteiger partial charge on any atom is 0.333 e. The fraction of sp³-hybridized carbons (Fsp3) is 0.636. The maximum atomic E-state index is 11.2. The number of hydrogen-bond donors (Lipinski definition) is 0. The van der Waals surface area contributed by atoms with Crippen LogP contribution < -0.4 is 0 Å². The van der Waals surface area contributed by atoms with Gasteiger partial charge in [0.1, 0.15) is 6.29 Å². The highest BCUT2D eigenvalue weighted by molar-refractivity contribution is 5.88. The Morgan fingerprint density at radius 1 is 1.36 bits per heavy atom. The quantitative estimate of drug-likeness (QED) is 0.273. The second kappa shape index (κ2) is 8.48. The van der Waals surface area contributed by atoms with Gasteiger partial charge in [0.2, 0.25) is 0 Å². The minimum atomic E-state index is -0.252. The average molecular weight is 198 g/mol. The number of aldehydes is 1. The number of carbonyl (C=O) groups excluding carboxylic acids is 2. The Balaban J connectivity index is 4.04. The molecule has 0 aliphatic carbocycles. The van der Waals surface area contributed by atoms with Gasteiger partial charge in [0.15, 0.2) is 0 Å². The van der Waals surface area contributed by atoms with Crippen LogP contribution in [0, 0.1) is 0 Å². The molecule has 14 heavy (non-hydrogen) atoms. The van der Waals surface area contributed by atoms with Gasteiger partial charge in [0.05, 0.1) is 7.11 Å². The van der Waals surface area contributed by atoms with E-state index in [0.717, 1.165) is 37.5 Å². The van der Waals surface area contributed by atoms with Crippen molar-refractivity contribution >= 4 is 12.3 Å². The van der Waals surface area contributed by atoms with E-state index >= 15 is 0 Å². The van der Waals surface area contributed by atoms with Crippen molar-refractivity contribution in [3.8, 4) is 0 Å². The average Bonchev–Trinajstić information content (AvgIpc) is 2.21. The molecule has 80 valence electrons. The lowest BCUT2D eigenvalue weighted by atomic mass is 10.1. The first-order valence-corrected chi connectivity index (χ1v) is 4.97. The molecule has 0 aromatic heterocycles. The minimum Gasteiger partial charge on any atom is -0.466 e. The van der Waals surface area contributed by atoms with E-state index in [1.54, 1.807) is 0 Å². The van der Waals surface area contributed by atoms with Crippen molar-refractivity contribution in [3.05, 3.63) is 11.6 Å². The highest BCUT2D eigenvalue weighted by Gasteiger charge is 2.06. The van der Waals surface area contributed by atoms with Crippen LogP contribution in [0.5, 0.6) is 0 Å². The summed E-state index contributed by atoms with van der Waals surface area (Å²) in [6, 6.07) is 0. The van der Waals surface area contributed by atoms with E-state index in [4.69, 9.17) is 0 Å². The molecule has 0 saturated carbocycles. The summed E-state index contributed by atoms with van der Waals surface area (Å²) < 4.78 is 4.65. The third-order valence-corrected chi connectivity index (χ3v) is 1.88. The van der Waals surface area contributed by atoms with E-state index in [1.807, 2.05) is 13.0 Å². The van der Waals surface area contributed by atoms with E-state index in [9.17, 15) is 9.59 Å². The molecule has 0 amide bonds. The van der Waals surface area contributed by atoms with Gasteiger partial charge in [-0.1, -0.05) is 19.4 Å². The Bertz CT molecular complexity index is 207. The van der Waals surface area contributed by atoms with Crippen molar-refractivity contribution < 1.29 is 14.3 Å². The number of carbonyl (C=O) groups is 2. The molecule has 0 fully saturated rings.